The summed E-state index contributed by atoms with van der Waals surface area (Å²) in [6.45, 7) is 4.11. The minimum absolute atomic E-state index is 0.00280. The summed E-state index contributed by atoms with van der Waals surface area (Å²) in [6, 6.07) is 0. The third-order valence-electron chi connectivity index (χ3n) is 3.12. The number of amides is 1. The number of carbonyl (C=O) groups excluding carboxylic acids is 2. The van der Waals surface area contributed by atoms with Crippen LogP contribution in [0.25, 0.3) is 0 Å². The molecule has 0 spiro atoms. The Balaban J connectivity index is 2.14. The van der Waals surface area contributed by atoms with Crippen LogP contribution in [0, 0.1) is 11.8 Å². The summed E-state index contributed by atoms with van der Waals surface area (Å²) >= 11 is 0. The van der Waals surface area contributed by atoms with Crippen molar-refractivity contribution in [3.05, 3.63) is 0 Å². The molecular formula is C13H23NO4. The molecule has 2 atom stereocenters. The molecule has 18 heavy (non-hydrogen) atoms. The number of carbonyl (C=O) groups is 2. The van der Waals surface area contributed by atoms with E-state index in [1.54, 1.807) is 0 Å². The maximum atomic E-state index is 11.7. The molecule has 0 bridgehead atoms. The minimum atomic E-state index is -0.268. The van der Waals surface area contributed by atoms with E-state index in [2.05, 4.69) is 10.1 Å². The van der Waals surface area contributed by atoms with Gasteiger partial charge in [0.2, 0.25) is 5.91 Å². The Bertz CT molecular complexity index is 274. The molecule has 0 aliphatic carbocycles. The lowest BCUT2D eigenvalue weighted by molar-refractivity contribution is -0.141. The molecule has 0 aromatic heterocycles. The first-order valence-electron chi connectivity index (χ1n) is 6.53. The van der Waals surface area contributed by atoms with Gasteiger partial charge in [-0.3, -0.25) is 9.59 Å². The normalized spacial score (nSPS) is 21.1. The maximum Gasteiger partial charge on any atom is 0.305 e. The molecule has 1 fully saturated rings. The van der Waals surface area contributed by atoms with Crippen molar-refractivity contribution in [3.8, 4) is 0 Å². The highest BCUT2D eigenvalue weighted by atomic mass is 16.5. The van der Waals surface area contributed by atoms with E-state index < -0.39 is 0 Å². The third-order valence-corrected chi connectivity index (χ3v) is 3.12. The lowest BCUT2D eigenvalue weighted by Gasteiger charge is -2.22. The summed E-state index contributed by atoms with van der Waals surface area (Å²) in [5.74, 6) is 0.173. The number of hydrogen-bond donors (Lipinski definition) is 1. The van der Waals surface area contributed by atoms with E-state index in [1.807, 2.05) is 6.92 Å². The second kappa shape index (κ2) is 8.08. The van der Waals surface area contributed by atoms with Gasteiger partial charge in [0.15, 0.2) is 0 Å². The van der Waals surface area contributed by atoms with Gasteiger partial charge in [-0.25, -0.2) is 0 Å². The second-order valence-corrected chi connectivity index (χ2v) is 4.98. The Morgan fingerprint density at radius 3 is 2.83 bits per heavy atom. The highest BCUT2D eigenvalue weighted by Gasteiger charge is 2.17. The fourth-order valence-corrected chi connectivity index (χ4v) is 2.06. The largest absolute Gasteiger partial charge is 0.469 e. The van der Waals surface area contributed by atoms with E-state index in [4.69, 9.17) is 4.74 Å². The van der Waals surface area contributed by atoms with Crippen molar-refractivity contribution >= 4 is 11.9 Å². The van der Waals surface area contributed by atoms with Gasteiger partial charge in [-0.2, -0.15) is 0 Å². The van der Waals surface area contributed by atoms with Crippen molar-refractivity contribution in [1.29, 1.82) is 0 Å². The van der Waals surface area contributed by atoms with Crippen LogP contribution in [0.2, 0.25) is 0 Å². The molecule has 0 unspecified atom stereocenters. The van der Waals surface area contributed by atoms with Crippen molar-refractivity contribution in [2.24, 2.45) is 11.8 Å². The van der Waals surface area contributed by atoms with Gasteiger partial charge in [-0.1, -0.05) is 6.92 Å². The number of nitrogens with one attached hydrogen (secondary N) is 1. The Labute approximate surface area is 108 Å². The fraction of sp³-hybridized carbons (Fsp3) is 0.846. The van der Waals surface area contributed by atoms with E-state index in [0.717, 1.165) is 26.1 Å². The van der Waals surface area contributed by atoms with Crippen molar-refractivity contribution in [2.45, 2.75) is 32.6 Å². The van der Waals surface area contributed by atoms with E-state index in [0.29, 0.717) is 18.9 Å². The van der Waals surface area contributed by atoms with Gasteiger partial charge in [-0.15, -0.1) is 0 Å². The minimum Gasteiger partial charge on any atom is -0.469 e. The Morgan fingerprint density at radius 2 is 2.22 bits per heavy atom. The lowest BCUT2D eigenvalue weighted by atomic mass is 10.0. The average molecular weight is 257 g/mol. The molecular weight excluding hydrogens is 234 g/mol. The van der Waals surface area contributed by atoms with E-state index in [-0.39, 0.29) is 24.2 Å². The molecule has 0 saturated carbocycles. The van der Waals surface area contributed by atoms with Crippen molar-refractivity contribution in [3.63, 3.8) is 0 Å². The molecule has 0 aromatic rings. The zero-order valence-electron chi connectivity index (χ0n) is 11.2. The van der Waals surface area contributed by atoms with E-state index >= 15 is 0 Å². The van der Waals surface area contributed by atoms with Crippen molar-refractivity contribution < 1.29 is 19.1 Å². The lowest BCUT2D eigenvalue weighted by Crippen LogP contribution is -2.34. The number of ether oxygens (including phenoxy) is 2. The van der Waals surface area contributed by atoms with Gasteiger partial charge < -0.3 is 14.8 Å². The number of hydrogen-bond acceptors (Lipinski definition) is 4. The van der Waals surface area contributed by atoms with Crippen LogP contribution < -0.4 is 5.32 Å². The van der Waals surface area contributed by atoms with Gasteiger partial charge in [0.25, 0.3) is 0 Å². The van der Waals surface area contributed by atoms with Crippen LogP contribution in [0.1, 0.15) is 32.6 Å². The summed E-state index contributed by atoms with van der Waals surface area (Å²) < 4.78 is 9.92. The smallest absolute Gasteiger partial charge is 0.305 e. The highest BCUT2D eigenvalue weighted by molar-refractivity contribution is 5.77. The molecule has 5 nitrogen and oxygen atoms in total. The van der Waals surface area contributed by atoms with Crippen LogP contribution in [-0.2, 0) is 19.1 Å². The molecule has 0 aromatic carbocycles. The van der Waals surface area contributed by atoms with Gasteiger partial charge in [-0.05, 0) is 24.7 Å². The van der Waals surface area contributed by atoms with Crippen LogP contribution in [-0.4, -0.2) is 38.7 Å². The summed E-state index contributed by atoms with van der Waals surface area (Å²) in [5.41, 5.74) is 0. The predicted molar refractivity (Wildman–Crippen MR) is 67.0 cm³/mol. The van der Waals surface area contributed by atoms with Gasteiger partial charge in [0.1, 0.15) is 0 Å². The topological polar surface area (TPSA) is 64.6 Å². The zero-order chi connectivity index (χ0) is 13.4. The Kier molecular flexibility index (Phi) is 6.72. The number of esters is 1. The second-order valence-electron chi connectivity index (χ2n) is 4.98. The molecule has 1 aliphatic rings. The number of methoxy groups -OCH3 is 1. The molecule has 5 heteroatoms. The molecule has 104 valence electrons. The molecule has 1 N–H and O–H groups in total. The summed E-state index contributed by atoms with van der Waals surface area (Å²) in [5, 5.41) is 2.90. The molecule has 0 radical (unpaired) electrons. The van der Waals surface area contributed by atoms with Crippen LogP contribution in [0.15, 0.2) is 0 Å². The van der Waals surface area contributed by atoms with Crippen molar-refractivity contribution in [1.82, 2.24) is 5.32 Å². The van der Waals surface area contributed by atoms with Crippen molar-refractivity contribution in [2.75, 3.05) is 26.9 Å². The predicted octanol–water partition coefficient (Wildman–Crippen LogP) is 1.12. The Morgan fingerprint density at radius 1 is 1.44 bits per heavy atom. The fourth-order valence-electron chi connectivity index (χ4n) is 2.06. The molecule has 1 amide bonds. The molecule has 1 rings (SSSR count). The van der Waals surface area contributed by atoms with Crippen LogP contribution in [0.3, 0.4) is 0 Å². The van der Waals surface area contributed by atoms with Crippen LogP contribution in [0.5, 0.6) is 0 Å². The SMILES string of the molecule is COC(=O)C[C@H](C)CC(=O)NC[C@H]1CCCOC1. The third kappa shape index (κ3) is 6.00. The standard InChI is InChI=1S/C13H23NO4/c1-10(7-13(16)17-2)6-12(15)14-8-11-4-3-5-18-9-11/h10-11H,3-9H2,1-2H3,(H,14,15)/t10-,11-/m1/s1. The first-order chi connectivity index (χ1) is 8.61. The van der Waals surface area contributed by atoms with Gasteiger partial charge in [0, 0.05) is 26.0 Å². The summed E-state index contributed by atoms with van der Waals surface area (Å²) in [6.07, 6.45) is 2.83. The Hall–Kier alpha value is -1.10. The first kappa shape index (κ1) is 15.0. The monoisotopic (exact) mass is 257 g/mol. The zero-order valence-corrected chi connectivity index (χ0v) is 11.2. The molecule has 1 saturated heterocycles. The summed E-state index contributed by atoms with van der Waals surface area (Å²) in [4.78, 5) is 22.7. The van der Waals surface area contributed by atoms with E-state index in [9.17, 15) is 9.59 Å². The average Bonchev–Trinajstić information content (AvgIpc) is 2.37. The van der Waals surface area contributed by atoms with Gasteiger partial charge in [0.05, 0.1) is 13.7 Å². The maximum absolute atomic E-state index is 11.7. The molecule has 1 aliphatic heterocycles. The summed E-state index contributed by atoms with van der Waals surface area (Å²) in [7, 11) is 1.36. The quantitative estimate of drug-likeness (QED) is 0.724. The molecule has 1 heterocycles. The number of rotatable bonds is 6. The van der Waals surface area contributed by atoms with Crippen LogP contribution >= 0.6 is 0 Å². The van der Waals surface area contributed by atoms with E-state index in [1.165, 1.54) is 7.11 Å². The highest BCUT2D eigenvalue weighted by Crippen LogP contribution is 2.13. The van der Waals surface area contributed by atoms with Gasteiger partial charge >= 0.3 is 5.97 Å². The van der Waals surface area contributed by atoms with Crippen LogP contribution in [0.4, 0.5) is 0 Å². The first-order valence-corrected chi connectivity index (χ1v) is 6.53.